The standard InChI is InChI=1S/C10H7NS2/c11-10-7-8(3-5-12)1-2-9(10)4-6-13/h1-2,7,12-13H,11H2. The Bertz CT molecular complexity index is 430. The second-order valence-corrected chi connectivity index (χ2v) is 2.72. The number of anilines is 1. The fourth-order valence-corrected chi connectivity index (χ4v) is 1.13. The van der Waals surface area contributed by atoms with Crippen molar-refractivity contribution in [2.75, 3.05) is 5.73 Å². The van der Waals surface area contributed by atoms with Gasteiger partial charge < -0.3 is 5.73 Å². The SMILES string of the molecule is Nc1cc(C#CS)ccc1C#CS. The van der Waals surface area contributed by atoms with E-state index in [9.17, 15) is 0 Å². The third-order valence-corrected chi connectivity index (χ3v) is 1.67. The van der Waals surface area contributed by atoms with Crippen LogP contribution in [0.1, 0.15) is 11.1 Å². The van der Waals surface area contributed by atoms with E-state index in [0.717, 1.165) is 11.1 Å². The summed E-state index contributed by atoms with van der Waals surface area (Å²) in [5, 5.41) is 4.99. The summed E-state index contributed by atoms with van der Waals surface area (Å²) in [4.78, 5) is 0. The number of thiol groups is 2. The maximum atomic E-state index is 5.71. The topological polar surface area (TPSA) is 26.0 Å². The highest BCUT2D eigenvalue weighted by Crippen LogP contribution is 2.12. The van der Waals surface area contributed by atoms with Crippen molar-refractivity contribution in [3.63, 3.8) is 0 Å². The molecule has 13 heavy (non-hydrogen) atoms. The fourth-order valence-electron chi connectivity index (χ4n) is 0.879. The van der Waals surface area contributed by atoms with Gasteiger partial charge in [-0.1, -0.05) is 37.1 Å². The molecule has 0 spiro atoms. The van der Waals surface area contributed by atoms with Crippen LogP contribution < -0.4 is 5.73 Å². The highest BCUT2D eigenvalue weighted by molar-refractivity contribution is 7.85. The highest BCUT2D eigenvalue weighted by Gasteiger charge is 1.95. The van der Waals surface area contributed by atoms with Gasteiger partial charge in [-0.15, -0.1) is 0 Å². The van der Waals surface area contributed by atoms with E-state index in [1.807, 2.05) is 12.1 Å². The molecule has 0 unspecified atom stereocenters. The van der Waals surface area contributed by atoms with Gasteiger partial charge >= 0.3 is 0 Å². The quantitative estimate of drug-likeness (QED) is 0.336. The Morgan fingerprint density at radius 1 is 1.08 bits per heavy atom. The molecule has 0 bridgehead atoms. The number of nitrogen functional groups attached to an aromatic ring is 1. The lowest BCUT2D eigenvalue weighted by molar-refractivity contribution is 1.59. The van der Waals surface area contributed by atoms with Crippen molar-refractivity contribution >= 4 is 30.9 Å². The van der Waals surface area contributed by atoms with Crippen LogP contribution in [0.4, 0.5) is 5.69 Å². The van der Waals surface area contributed by atoms with Crippen LogP contribution >= 0.6 is 25.3 Å². The Balaban J connectivity index is 3.15. The summed E-state index contributed by atoms with van der Waals surface area (Å²) in [6.45, 7) is 0. The van der Waals surface area contributed by atoms with E-state index >= 15 is 0 Å². The second-order valence-electron chi connectivity index (χ2n) is 2.28. The van der Waals surface area contributed by atoms with Gasteiger partial charge in [0.25, 0.3) is 0 Å². The maximum Gasteiger partial charge on any atom is 0.0486 e. The van der Waals surface area contributed by atoms with E-state index in [1.54, 1.807) is 6.07 Å². The molecule has 1 nitrogen and oxygen atoms in total. The van der Waals surface area contributed by atoms with Crippen LogP contribution in [0.25, 0.3) is 0 Å². The molecule has 0 saturated carbocycles. The summed E-state index contributed by atoms with van der Waals surface area (Å²) < 4.78 is 0. The zero-order valence-corrected chi connectivity index (χ0v) is 8.49. The van der Waals surface area contributed by atoms with Crippen molar-refractivity contribution in [3.05, 3.63) is 29.3 Å². The Morgan fingerprint density at radius 3 is 2.31 bits per heavy atom. The lowest BCUT2D eigenvalue weighted by atomic mass is 10.1. The normalized spacial score (nSPS) is 7.85. The molecular formula is C10H7NS2. The van der Waals surface area contributed by atoms with Crippen molar-refractivity contribution in [3.8, 4) is 22.3 Å². The van der Waals surface area contributed by atoms with Crippen LogP contribution in [-0.4, -0.2) is 0 Å². The van der Waals surface area contributed by atoms with E-state index in [2.05, 4.69) is 47.6 Å². The van der Waals surface area contributed by atoms with Gasteiger partial charge in [0.2, 0.25) is 0 Å². The third-order valence-electron chi connectivity index (χ3n) is 1.44. The molecule has 0 saturated heterocycles. The van der Waals surface area contributed by atoms with Crippen LogP contribution in [0.15, 0.2) is 18.2 Å². The Morgan fingerprint density at radius 2 is 1.77 bits per heavy atom. The minimum atomic E-state index is 0.607. The summed E-state index contributed by atoms with van der Waals surface area (Å²) in [5.41, 5.74) is 7.91. The van der Waals surface area contributed by atoms with Crippen LogP contribution in [0.2, 0.25) is 0 Å². The molecule has 0 aliphatic carbocycles. The van der Waals surface area contributed by atoms with Crippen molar-refractivity contribution in [1.29, 1.82) is 0 Å². The minimum absolute atomic E-state index is 0.607. The lowest BCUT2D eigenvalue weighted by Gasteiger charge is -1.97. The number of hydrogen-bond acceptors (Lipinski definition) is 3. The average Bonchev–Trinajstić information content (AvgIpc) is 2.10. The molecule has 0 aromatic heterocycles. The molecule has 64 valence electrons. The molecule has 0 aliphatic heterocycles. The van der Waals surface area contributed by atoms with Gasteiger partial charge in [0.05, 0.1) is 0 Å². The largest absolute Gasteiger partial charge is 0.398 e. The molecule has 0 fully saturated rings. The summed E-state index contributed by atoms with van der Waals surface area (Å²) in [5.74, 6) is 5.55. The predicted molar refractivity (Wildman–Crippen MR) is 62.6 cm³/mol. The van der Waals surface area contributed by atoms with E-state index in [1.165, 1.54) is 0 Å². The lowest BCUT2D eigenvalue weighted by Crippen LogP contribution is -1.90. The Kier molecular flexibility index (Phi) is 3.64. The van der Waals surface area contributed by atoms with Gasteiger partial charge in [0.1, 0.15) is 0 Å². The highest BCUT2D eigenvalue weighted by atomic mass is 32.1. The van der Waals surface area contributed by atoms with Crippen molar-refractivity contribution < 1.29 is 0 Å². The predicted octanol–water partition coefficient (Wildman–Crippen LogP) is 1.75. The van der Waals surface area contributed by atoms with E-state index < -0.39 is 0 Å². The first-order valence-electron chi connectivity index (χ1n) is 3.47. The van der Waals surface area contributed by atoms with E-state index in [4.69, 9.17) is 5.73 Å². The first kappa shape index (κ1) is 9.92. The van der Waals surface area contributed by atoms with Crippen LogP contribution in [0.5, 0.6) is 0 Å². The van der Waals surface area contributed by atoms with Crippen LogP contribution in [0.3, 0.4) is 0 Å². The molecule has 0 atom stereocenters. The molecule has 0 amide bonds. The Hall–Kier alpha value is -1.16. The fraction of sp³-hybridized carbons (Fsp3) is 0. The molecular weight excluding hydrogens is 198 g/mol. The molecule has 1 aromatic rings. The summed E-state index contributed by atoms with van der Waals surface area (Å²) >= 11 is 7.58. The maximum absolute atomic E-state index is 5.71. The van der Waals surface area contributed by atoms with Crippen LogP contribution in [-0.2, 0) is 0 Å². The zero-order chi connectivity index (χ0) is 9.68. The summed E-state index contributed by atoms with van der Waals surface area (Å²) in [7, 11) is 0. The first-order valence-corrected chi connectivity index (χ1v) is 4.37. The zero-order valence-electron chi connectivity index (χ0n) is 6.70. The number of rotatable bonds is 0. The third kappa shape index (κ3) is 2.66. The molecule has 0 aliphatic rings. The molecule has 1 aromatic carbocycles. The van der Waals surface area contributed by atoms with Crippen LogP contribution in [0, 0.1) is 22.3 Å². The van der Waals surface area contributed by atoms with Crippen molar-refractivity contribution in [2.24, 2.45) is 0 Å². The molecule has 0 heterocycles. The number of hydrogen-bond donors (Lipinski definition) is 3. The van der Waals surface area contributed by atoms with E-state index in [-0.39, 0.29) is 0 Å². The summed E-state index contributed by atoms with van der Waals surface area (Å²) in [6.07, 6.45) is 0. The average molecular weight is 205 g/mol. The first-order chi connectivity index (χ1) is 6.27. The van der Waals surface area contributed by atoms with Gasteiger partial charge in [0.15, 0.2) is 0 Å². The molecule has 0 radical (unpaired) electrons. The van der Waals surface area contributed by atoms with Gasteiger partial charge in [-0.05, 0) is 28.7 Å². The van der Waals surface area contributed by atoms with Crippen molar-refractivity contribution in [1.82, 2.24) is 0 Å². The van der Waals surface area contributed by atoms with E-state index in [0.29, 0.717) is 5.69 Å². The van der Waals surface area contributed by atoms with Gasteiger partial charge in [-0.3, -0.25) is 0 Å². The van der Waals surface area contributed by atoms with Gasteiger partial charge in [0, 0.05) is 16.8 Å². The van der Waals surface area contributed by atoms with Crippen molar-refractivity contribution in [2.45, 2.75) is 0 Å². The summed E-state index contributed by atoms with van der Waals surface area (Å²) in [6, 6.07) is 5.41. The number of benzene rings is 1. The molecule has 3 heteroatoms. The molecule has 2 N–H and O–H groups in total. The second kappa shape index (κ2) is 4.77. The minimum Gasteiger partial charge on any atom is -0.398 e. The Labute approximate surface area is 88.5 Å². The van der Waals surface area contributed by atoms with Gasteiger partial charge in [-0.2, -0.15) is 0 Å². The monoisotopic (exact) mass is 205 g/mol. The van der Waals surface area contributed by atoms with Gasteiger partial charge in [-0.25, -0.2) is 0 Å². The number of nitrogens with two attached hydrogens (primary N) is 1. The smallest absolute Gasteiger partial charge is 0.0486 e. The molecule has 1 rings (SSSR count).